The molecule has 2 atom stereocenters. The van der Waals surface area contributed by atoms with E-state index in [2.05, 4.69) is 36.7 Å². The molecule has 41 heavy (non-hydrogen) atoms. The summed E-state index contributed by atoms with van der Waals surface area (Å²) in [7, 11) is 1.68. The van der Waals surface area contributed by atoms with Gasteiger partial charge >= 0.3 is 0 Å². The van der Waals surface area contributed by atoms with Gasteiger partial charge in [-0.05, 0) is 56.7 Å². The van der Waals surface area contributed by atoms with E-state index in [1.165, 1.54) is 26.2 Å². The van der Waals surface area contributed by atoms with E-state index in [0.717, 1.165) is 24.3 Å². The van der Waals surface area contributed by atoms with Gasteiger partial charge in [0.05, 0.1) is 76.6 Å². The number of hydrogen-bond donors (Lipinski definition) is 3. The molecule has 1 saturated heterocycles. The number of nitrogens with zero attached hydrogens (tertiary/aromatic N) is 6. The first-order chi connectivity index (χ1) is 19.7. The molecule has 11 nitrogen and oxygen atoms in total. The van der Waals surface area contributed by atoms with Gasteiger partial charge in [-0.3, -0.25) is 9.78 Å². The number of hydrogen-bond acceptors (Lipinski definition) is 9. The molecule has 5 rings (SSSR count). The van der Waals surface area contributed by atoms with Crippen molar-refractivity contribution in [2.24, 2.45) is 0 Å². The van der Waals surface area contributed by atoms with Crippen molar-refractivity contribution < 1.29 is 19.0 Å². The number of carbonyl (C=O) groups excluding carboxylic acids is 1. The fraction of sp³-hybridized carbons (Fsp3) is 0.345. The molecule has 2 unspecified atom stereocenters. The van der Waals surface area contributed by atoms with Crippen molar-refractivity contribution in [2.45, 2.75) is 38.1 Å². The second-order valence-electron chi connectivity index (χ2n) is 10.5. The molecule has 0 aromatic carbocycles. The van der Waals surface area contributed by atoms with E-state index in [1.807, 2.05) is 24.3 Å². The zero-order valence-electron chi connectivity index (χ0n) is 23.0. The molecule has 0 bridgehead atoms. The summed E-state index contributed by atoms with van der Waals surface area (Å²) in [5.41, 5.74) is 1.97. The van der Waals surface area contributed by atoms with Crippen LogP contribution in [0.2, 0.25) is 0 Å². The normalized spacial score (nSPS) is 15.7. The zero-order chi connectivity index (χ0) is 29.1. The molecule has 212 valence electrons. The van der Waals surface area contributed by atoms with Crippen LogP contribution in [-0.2, 0) is 4.74 Å². The molecule has 1 amide bonds. The third-order valence-corrected chi connectivity index (χ3v) is 7.07. The van der Waals surface area contributed by atoms with Crippen molar-refractivity contribution in [1.82, 2.24) is 24.9 Å². The molecule has 5 heterocycles. The second-order valence-corrected chi connectivity index (χ2v) is 10.5. The Hall–Kier alpha value is -4.60. The summed E-state index contributed by atoms with van der Waals surface area (Å²) in [5, 5.41) is 29.3. The van der Waals surface area contributed by atoms with Crippen LogP contribution in [0.25, 0.3) is 16.9 Å². The first-order valence-corrected chi connectivity index (χ1v) is 13.2. The maximum atomic E-state index is 14.4. The molecule has 1 fully saturated rings. The highest BCUT2D eigenvalue weighted by Gasteiger charge is 2.29. The number of aliphatic hydroxyl groups is 1. The SMILES string of the molecule is COCC1CCN1c1ccc(Nc2cc(-c3ccc4cc(C#N)cnn34)ncc2C(=O)NCC(F)C(C)(C)O)cn1. The Labute approximate surface area is 236 Å². The van der Waals surface area contributed by atoms with Crippen LogP contribution < -0.4 is 15.5 Å². The Kier molecular flexibility index (Phi) is 7.83. The van der Waals surface area contributed by atoms with Crippen molar-refractivity contribution in [3.05, 3.63) is 66.1 Å². The number of carbonyl (C=O) groups is 1. The van der Waals surface area contributed by atoms with E-state index in [0.29, 0.717) is 41.0 Å². The predicted molar refractivity (Wildman–Crippen MR) is 152 cm³/mol. The minimum absolute atomic E-state index is 0.185. The van der Waals surface area contributed by atoms with Crippen molar-refractivity contribution in [2.75, 3.05) is 37.0 Å². The van der Waals surface area contributed by atoms with E-state index < -0.39 is 17.7 Å². The maximum Gasteiger partial charge on any atom is 0.255 e. The molecule has 1 aliphatic heterocycles. The first kappa shape index (κ1) is 27.9. The van der Waals surface area contributed by atoms with Crippen molar-refractivity contribution in [3.8, 4) is 17.5 Å². The Morgan fingerprint density at radius 3 is 2.73 bits per heavy atom. The van der Waals surface area contributed by atoms with Gasteiger partial charge in [0.25, 0.3) is 5.91 Å². The van der Waals surface area contributed by atoms with Gasteiger partial charge in [-0.2, -0.15) is 10.4 Å². The van der Waals surface area contributed by atoms with Crippen LogP contribution >= 0.6 is 0 Å². The molecule has 0 saturated carbocycles. The van der Waals surface area contributed by atoms with Gasteiger partial charge in [-0.1, -0.05) is 0 Å². The number of fused-ring (bicyclic) bond motifs is 1. The summed E-state index contributed by atoms with van der Waals surface area (Å²) in [6, 6.07) is 13.2. The molecule has 4 aromatic heterocycles. The largest absolute Gasteiger partial charge is 0.387 e. The summed E-state index contributed by atoms with van der Waals surface area (Å²) in [6.07, 6.45) is 3.94. The molecule has 0 radical (unpaired) electrons. The number of aromatic nitrogens is 4. The Bertz CT molecular complexity index is 1590. The number of amides is 1. The Morgan fingerprint density at radius 2 is 2.07 bits per heavy atom. The lowest BCUT2D eigenvalue weighted by Crippen LogP contribution is -2.50. The molecule has 12 heteroatoms. The smallest absolute Gasteiger partial charge is 0.255 e. The van der Waals surface area contributed by atoms with Gasteiger partial charge in [0.15, 0.2) is 0 Å². The standard InChI is InChI=1S/C29H31FN8O3/c1-29(2,40)26(30)16-34-28(39)22-15-32-24(25-6-5-20-10-18(12-31)13-35-38(20)25)11-23(22)36-19-4-7-27(33-14-19)37-9-8-21(37)17-41-3/h4-7,10-11,13-15,21,26,40H,8-9,16-17H2,1-3H3,(H,32,36)(H,34,39). The van der Waals surface area contributed by atoms with Crippen LogP contribution in [0.1, 0.15) is 36.2 Å². The summed E-state index contributed by atoms with van der Waals surface area (Å²) in [5.74, 6) is 0.281. The summed E-state index contributed by atoms with van der Waals surface area (Å²) < 4.78 is 21.3. The molecule has 1 aliphatic rings. The summed E-state index contributed by atoms with van der Waals surface area (Å²) in [6.45, 7) is 3.86. The quantitative estimate of drug-likeness (QED) is 0.267. The zero-order valence-corrected chi connectivity index (χ0v) is 23.0. The number of anilines is 3. The number of nitriles is 1. The molecular weight excluding hydrogens is 527 g/mol. The van der Waals surface area contributed by atoms with Gasteiger partial charge < -0.3 is 25.4 Å². The van der Waals surface area contributed by atoms with Crippen molar-refractivity contribution in [1.29, 1.82) is 5.26 Å². The average molecular weight is 559 g/mol. The fourth-order valence-corrected chi connectivity index (χ4v) is 4.55. The Balaban J connectivity index is 1.45. The minimum atomic E-state index is -1.66. The third kappa shape index (κ3) is 5.96. The molecule has 0 aliphatic carbocycles. The van der Waals surface area contributed by atoms with Crippen LogP contribution in [0, 0.1) is 11.3 Å². The number of halogens is 1. The number of rotatable bonds is 10. The lowest BCUT2D eigenvalue weighted by atomic mass is 10.0. The number of alkyl halides is 1. The number of methoxy groups -OCH3 is 1. The average Bonchev–Trinajstić information content (AvgIpc) is 3.37. The summed E-state index contributed by atoms with van der Waals surface area (Å²) in [4.78, 5) is 24.4. The third-order valence-electron chi connectivity index (χ3n) is 7.07. The molecule has 0 spiro atoms. The molecule has 4 aromatic rings. The van der Waals surface area contributed by atoms with Crippen LogP contribution in [0.15, 0.2) is 55.0 Å². The number of pyridine rings is 2. The maximum absolute atomic E-state index is 14.4. The monoisotopic (exact) mass is 558 g/mol. The summed E-state index contributed by atoms with van der Waals surface area (Å²) >= 11 is 0. The lowest BCUT2D eigenvalue weighted by molar-refractivity contribution is -0.00177. The van der Waals surface area contributed by atoms with Crippen molar-refractivity contribution in [3.63, 3.8) is 0 Å². The van der Waals surface area contributed by atoms with Crippen LogP contribution in [0.4, 0.5) is 21.6 Å². The number of nitrogens with one attached hydrogen (secondary N) is 2. The lowest BCUT2D eigenvalue weighted by Gasteiger charge is -2.41. The van der Waals surface area contributed by atoms with E-state index >= 15 is 0 Å². The first-order valence-electron chi connectivity index (χ1n) is 13.2. The van der Waals surface area contributed by atoms with Crippen LogP contribution in [-0.4, -0.2) is 75.2 Å². The van der Waals surface area contributed by atoms with Gasteiger partial charge in [-0.15, -0.1) is 0 Å². The van der Waals surface area contributed by atoms with E-state index in [9.17, 15) is 19.6 Å². The highest BCUT2D eigenvalue weighted by Crippen LogP contribution is 2.30. The van der Waals surface area contributed by atoms with Crippen LogP contribution in [0.3, 0.4) is 0 Å². The minimum Gasteiger partial charge on any atom is -0.387 e. The van der Waals surface area contributed by atoms with E-state index in [-0.39, 0.29) is 12.1 Å². The van der Waals surface area contributed by atoms with Gasteiger partial charge in [0, 0.05) is 19.9 Å². The molecular formula is C29H31FN8O3. The fourth-order valence-electron chi connectivity index (χ4n) is 4.55. The predicted octanol–water partition coefficient (Wildman–Crippen LogP) is 3.47. The molecule has 3 N–H and O–H groups in total. The van der Waals surface area contributed by atoms with E-state index in [1.54, 1.807) is 30.0 Å². The van der Waals surface area contributed by atoms with Gasteiger partial charge in [-0.25, -0.2) is 13.9 Å². The highest BCUT2D eigenvalue weighted by molar-refractivity contribution is 6.00. The number of ether oxygens (including phenoxy) is 1. The van der Waals surface area contributed by atoms with Crippen molar-refractivity contribution >= 4 is 28.6 Å². The van der Waals surface area contributed by atoms with Crippen LogP contribution in [0.5, 0.6) is 0 Å². The Morgan fingerprint density at radius 1 is 1.24 bits per heavy atom. The van der Waals surface area contributed by atoms with E-state index in [4.69, 9.17) is 4.74 Å². The topological polar surface area (TPSA) is 141 Å². The second kappa shape index (κ2) is 11.5. The van der Waals surface area contributed by atoms with Gasteiger partial charge in [0.1, 0.15) is 18.1 Å². The van der Waals surface area contributed by atoms with Gasteiger partial charge in [0.2, 0.25) is 0 Å². The highest BCUT2D eigenvalue weighted by atomic mass is 19.1.